The number of carbonyl (C=O) groups is 2. The van der Waals surface area contributed by atoms with Gasteiger partial charge in [-0.3, -0.25) is 4.79 Å². The summed E-state index contributed by atoms with van der Waals surface area (Å²) in [7, 11) is 0. The van der Waals surface area contributed by atoms with Gasteiger partial charge in [0.25, 0.3) is 0 Å². The zero-order chi connectivity index (χ0) is 16.7. The molecule has 2 unspecified atom stereocenters. The molecule has 128 valence electrons. The average molecular weight is 313 g/mol. The number of hydrogen-bond donors (Lipinski definition) is 2. The number of amides is 2. The molecule has 0 saturated carbocycles. The van der Waals surface area contributed by atoms with Crippen molar-refractivity contribution in [1.29, 1.82) is 0 Å². The summed E-state index contributed by atoms with van der Waals surface area (Å²) in [6.07, 6.45) is 1.74. The molecule has 2 amide bonds. The minimum atomic E-state index is -0.808. The predicted molar refractivity (Wildman–Crippen MR) is 86.9 cm³/mol. The number of urea groups is 1. The maximum atomic E-state index is 12.4. The van der Waals surface area contributed by atoms with Crippen LogP contribution in [-0.4, -0.2) is 65.7 Å². The Hall–Kier alpha value is -1.30. The molecule has 0 aromatic carbocycles. The molecule has 0 spiro atoms. The zero-order valence-electron chi connectivity index (χ0n) is 14.3. The Labute approximate surface area is 133 Å². The summed E-state index contributed by atoms with van der Waals surface area (Å²) in [5.41, 5.74) is 0. The molecule has 0 aromatic heterocycles. The zero-order valence-corrected chi connectivity index (χ0v) is 14.3. The van der Waals surface area contributed by atoms with E-state index in [1.807, 2.05) is 13.8 Å². The van der Waals surface area contributed by atoms with Crippen molar-refractivity contribution in [1.82, 2.24) is 15.1 Å². The number of hydrogen-bond acceptors (Lipinski definition) is 3. The fraction of sp³-hybridized carbons (Fsp3) is 0.875. The van der Waals surface area contributed by atoms with Crippen LogP contribution in [0, 0.1) is 11.8 Å². The van der Waals surface area contributed by atoms with Crippen LogP contribution < -0.4 is 5.32 Å². The van der Waals surface area contributed by atoms with Gasteiger partial charge >= 0.3 is 12.0 Å². The number of rotatable bonds is 7. The second-order valence-corrected chi connectivity index (χ2v) is 6.52. The number of likely N-dealkylation sites (tertiary alicyclic amines) is 1. The number of aliphatic carboxylic acids is 1. The lowest BCUT2D eigenvalue weighted by Crippen LogP contribution is -2.53. The Bertz CT molecular complexity index is 376. The molecule has 1 aliphatic rings. The van der Waals surface area contributed by atoms with Crippen LogP contribution in [0.4, 0.5) is 4.79 Å². The van der Waals surface area contributed by atoms with Crippen LogP contribution in [-0.2, 0) is 4.79 Å². The van der Waals surface area contributed by atoms with Crippen molar-refractivity contribution in [2.24, 2.45) is 11.8 Å². The van der Waals surface area contributed by atoms with Gasteiger partial charge in [0.2, 0.25) is 0 Å². The lowest BCUT2D eigenvalue weighted by Gasteiger charge is -2.35. The number of likely N-dealkylation sites (N-methyl/N-ethyl adjacent to an activating group) is 1. The van der Waals surface area contributed by atoms with Gasteiger partial charge in [0.05, 0.1) is 5.92 Å². The van der Waals surface area contributed by atoms with E-state index in [9.17, 15) is 14.7 Å². The quantitative estimate of drug-likeness (QED) is 0.752. The molecule has 1 fully saturated rings. The Morgan fingerprint density at radius 3 is 2.59 bits per heavy atom. The second kappa shape index (κ2) is 8.98. The standard InChI is InChI=1S/C16H31N3O3/c1-5-7-18(6-2)10-13(4)17-16(22)19-9-12(3)8-14(11-19)15(20)21/h12-14H,5-11H2,1-4H3,(H,17,22)(H,20,21)/t12?,13-,14?/m1/s1. The Balaban J connectivity index is 2.50. The van der Waals surface area contributed by atoms with Crippen LogP contribution in [0.3, 0.4) is 0 Å². The first-order valence-electron chi connectivity index (χ1n) is 8.37. The van der Waals surface area contributed by atoms with Gasteiger partial charge in [-0.25, -0.2) is 4.79 Å². The second-order valence-electron chi connectivity index (χ2n) is 6.52. The highest BCUT2D eigenvalue weighted by molar-refractivity contribution is 5.76. The maximum absolute atomic E-state index is 12.4. The van der Waals surface area contributed by atoms with E-state index in [0.717, 1.165) is 26.1 Å². The summed E-state index contributed by atoms with van der Waals surface area (Å²) in [4.78, 5) is 27.5. The van der Waals surface area contributed by atoms with E-state index in [1.165, 1.54) is 0 Å². The van der Waals surface area contributed by atoms with E-state index in [1.54, 1.807) is 4.90 Å². The summed E-state index contributed by atoms with van der Waals surface area (Å²) in [6, 6.07) is -0.0858. The summed E-state index contributed by atoms with van der Waals surface area (Å²) >= 11 is 0. The molecule has 0 aromatic rings. The monoisotopic (exact) mass is 313 g/mol. The largest absolute Gasteiger partial charge is 0.481 e. The fourth-order valence-electron chi connectivity index (χ4n) is 3.13. The first-order valence-corrected chi connectivity index (χ1v) is 8.37. The highest BCUT2D eigenvalue weighted by atomic mass is 16.4. The van der Waals surface area contributed by atoms with Crippen molar-refractivity contribution in [2.75, 3.05) is 32.7 Å². The molecule has 1 aliphatic heterocycles. The summed E-state index contributed by atoms with van der Waals surface area (Å²) in [6.45, 7) is 12.0. The number of nitrogens with one attached hydrogen (secondary N) is 1. The molecule has 2 N–H and O–H groups in total. The van der Waals surface area contributed by atoms with Crippen molar-refractivity contribution < 1.29 is 14.7 Å². The van der Waals surface area contributed by atoms with E-state index >= 15 is 0 Å². The van der Waals surface area contributed by atoms with Crippen molar-refractivity contribution in [3.8, 4) is 0 Å². The topological polar surface area (TPSA) is 72.9 Å². The molecular formula is C16H31N3O3. The first kappa shape index (κ1) is 18.7. The molecule has 1 saturated heterocycles. The number of piperidine rings is 1. The van der Waals surface area contributed by atoms with Crippen LogP contribution in [0.15, 0.2) is 0 Å². The predicted octanol–water partition coefficient (Wildman–Crippen LogP) is 1.86. The van der Waals surface area contributed by atoms with Gasteiger partial charge < -0.3 is 20.2 Å². The molecule has 0 radical (unpaired) electrons. The highest BCUT2D eigenvalue weighted by Gasteiger charge is 2.32. The van der Waals surface area contributed by atoms with Gasteiger partial charge in [0.15, 0.2) is 0 Å². The Kier molecular flexibility index (Phi) is 7.65. The van der Waals surface area contributed by atoms with E-state index in [-0.39, 0.29) is 18.0 Å². The van der Waals surface area contributed by atoms with E-state index in [0.29, 0.717) is 19.5 Å². The first-order chi connectivity index (χ1) is 10.4. The van der Waals surface area contributed by atoms with Gasteiger partial charge in [-0.2, -0.15) is 0 Å². The lowest BCUT2D eigenvalue weighted by molar-refractivity contribution is -0.143. The molecule has 1 rings (SSSR count). The third-order valence-corrected chi connectivity index (χ3v) is 4.19. The van der Waals surface area contributed by atoms with Gasteiger partial charge in [0.1, 0.15) is 0 Å². The van der Waals surface area contributed by atoms with Crippen LogP contribution in [0.25, 0.3) is 0 Å². The molecule has 3 atom stereocenters. The molecule has 0 aliphatic carbocycles. The van der Waals surface area contributed by atoms with Crippen LogP contribution in [0.2, 0.25) is 0 Å². The Morgan fingerprint density at radius 2 is 2.05 bits per heavy atom. The molecule has 0 bridgehead atoms. The highest BCUT2D eigenvalue weighted by Crippen LogP contribution is 2.21. The summed E-state index contributed by atoms with van der Waals surface area (Å²) in [5, 5.41) is 12.2. The third kappa shape index (κ3) is 5.83. The fourth-order valence-corrected chi connectivity index (χ4v) is 3.13. The third-order valence-electron chi connectivity index (χ3n) is 4.19. The normalized spacial score (nSPS) is 23.4. The summed E-state index contributed by atoms with van der Waals surface area (Å²) < 4.78 is 0. The molecule has 6 nitrogen and oxygen atoms in total. The smallest absolute Gasteiger partial charge is 0.317 e. The average Bonchev–Trinajstić information content (AvgIpc) is 2.45. The van der Waals surface area contributed by atoms with Crippen molar-refractivity contribution in [3.05, 3.63) is 0 Å². The molecule has 1 heterocycles. The molecular weight excluding hydrogens is 282 g/mol. The molecule has 22 heavy (non-hydrogen) atoms. The molecule has 6 heteroatoms. The van der Waals surface area contributed by atoms with Gasteiger partial charge in [-0.05, 0) is 38.8 Å². The number of carboxylic acid groups (broad SMARTS) is 1. The minimum Gasteiger partial charge on any atom is -0.481 e. The van der Waals surface area contributed by atoms with Gasteiger partial charge in [-0.15, -0.1) is 0 Å². The van der Waals surface area contributed by atoms with E-state index in [2.05, 4.69) is 24.1 Å². The maximum Gasteiger partial charge on any atom is 0.317 e. The number of carbonyl (C=O) groups excluding carboxylic acids is 1. The van der Waals surface area contributed by atoms with Crippen molar-refractivity contribution in [2.45, 2.75) is 46.6 Å². The van der Waals surface area contributed by atoms with Crippen LogP contribution in [0.1, 0.15) is 40.5 Å². The van der Waals surface area contributed by atoms with Gasteiger partial charge in [0, 0.05) is 25.7 Å². The van der Waals surface area contributed by atoms with E-state index in [4.69, 9.17) is 0 Å². The number of carboxylic acids is 1. The van der Waals surface area contributed by atoms with Crippen LogP contribution in [0.5, 0.6) is 0 Å². The van der Waals surface area contributed by atoms with Gasteiger partial charge in [-0.1, -0.05) is 20.8 Å². The SMILES string of the molecule is CCCN(CC)C[C@@H](C)NC(=O)N1CC(C)CC(C(=O)O)C1. The van der Waals surface area contributed by atoms with Crippen molar-refractivity contribution >= 4 is 12.0 Å². The minimum absolute atomic E-state index is 0.0551. The lowest BCUT2D eigenvalue weighted by atomic mass is 9.91. The van der Waals surface area contributed by atoms with Crippen LogP contribution >= 0.6 is 0 Å². The van der Waals surface area contributed by atoms with Crippen molar-refractivity contribution in [3.63, 3.8) is 0 Å². The Morgan fingerprint density at radius 1 is 1.36 bits per heavy atom. The number of nitrogens with zero attached hydrogens (tertiary/aromatic N) is 2. The van der Waals surface area contributed by atoms with E-state index < -0.39 is 11.9 Å². The summed E-state index contributed by atoms with van der Waals surface area (Å²) in [5.74, 6) is -1.03.